The lowest BCUT2D eigenvalue weighted by atomic mass is 10.1. The van der Waals surface area contributed by atoms with Crippen molar-refractivity contribution in [3.8, 4) is 6.07 Å². The summed E-state index contributed by atoms with van der Waals surface area (Å²) in [5.41, 5.74) is -0.625. The van der Waals surface area contributed by atoms with Crippen LogP contribution < -0.4 is 4.90 Å². The minimum atomic E-state index is -4.51. The lowest BCUT2D eigenvalue weighted by Crippen LogP contribution is -2.39. The molecule has 3 rings (SSSR count). The highest BCUT2D eigenvalue weighted by molar-refractivity contribution is 5.55. The topological polar surface area (TPSA) is 39.5 Å². The quantitative estimate of drug-likeness (QED) is 0.849. The average molecular weight is 339 g/mol. The van der Waals surface area contributed by atoms with Crippen LogP contribution in [0, 0.1) is 17.2 Å². The first-order valence-corrected chi connectivity index (χ1v) is 8.14. The Morgan fingerprint density at radius 1 is 1.21 bits per heavy atom. The highest BCUT2D eigenvalue weighted by atomic mass is 19.4. The van der Waals surface area contributed by atoms with Crippen LogP contribution in [0.3, 0.4) is 0 Å². The van der Waals surface area contributed by atoms with Gasteiger partial charge in [0, 0.05) is 38.4 Å². The molecular formula is C17H20F3N3O. The molecule has 24 heavy (non-hydrogen) atoms. The average Bonchev–Trinajstić information content (AvgIpc) is 3.03. The second-order valence-corrected chi connectivity index (χ2v) is 6.35. The van der Waals surface area contributed by atoms with Crippen LogP contribution in [-0.2, 0) is 10.9 Å². The van der Waals surface area contributed by atoms with Gasteiger partial charge in [-0.1, -0.05) is 0 Å². The Morgan fingerprint density at radius 3 is 2.62 bits per heavy atom. The van der Waals surface area contributed by atoms with Gasteiger partial charge in [0.25, 0.3) is 0 Å². The number of nitriles is 1. The third kappa shape index (κ3) is 3.82. The Balaban J connectivity index is 1.68. The number of nitrogens with zero attached hydrogens (tertiary/aromatic N) is 3. The molecule has 0 radical (unpaired) electrons. The number of morpholine rings is 1. The fraction of sp³-hybridized carbons (Fsp3) is 0.588. The van der Waals surface area contributed by atoms with Gasteiger partial charge in [0.05, 0.1) is 30.4 Å². The molecule has 0 spiro atoms. The predicted molar refractivity (Wildman–Crippen MR) is 83.7 cm³/mol. The summed E-state index contributed by atoms with van der Waals surface area (Å²) in [6, 6.07) is 5.62. The number of halogens is 3. The molecule has 1 aromatic rings. The second kappa shape index (κ2) is 6.99. The normalized spacial score (nSPS) is 22.6. The fourth-order valence-corrected chi connectivity index (χ4v) is 3.43. The molecule has 0 amide bonds. The molecule has 2 fully saturated rings. The van der Waals surface area contributed by atoms with Gasteiger partial charge in [-0.05, 0) is 30.5 Å². The maximum atomic E-state index is 13.1. The number of anilines is 1. The number of benzene rings is 1. The summed E-state index contributed by atoms with van der Waals surface area (Å²) in [5, 5.41) is 8.88. The van der Waals surface area contributed by atoms with Crippen molar-refractivity contribution in [2.45, 2.75) is 12.6 Å². The number of hydrogen-bond acceptors (Lipinski definition) is 4. The molecule has 130 valence electrons. The monoisotopic (exact) mass is 339 g/mol. The van der Waals surface area contributed by atoms with Crippen molar-refractivity contribution in [2.75, 3.05) is 50.8 Å². The standard InChI is InChI=1S/C17H20F3N3O/c18-17(19,20)16-9-15(2-1-14(16)10-21)23-4-3-13(12-23)11-22-5-7-24-8-6-22/h1-2,9,13H,3-8,11-12H2/t13-/m0/s1. The van der Waals surface area contributed by atoms with E-state index in [1.54, 1.807) is 12.1 Å². The van der Waals surface area contributed by atoms with Gasteiger partial charge in [0.2, 0.25) is 0 Å². The van der Waals surface area contributed by atoms with Crippen LogP contribution in [0.1, 0.15) is 17.5 Å². The Labute approximate surface area is 139 Å². The number of ether oxygens (including phenoxy) is 1. The molecule has 1 aromatic carbocycles. The molecule has 0 aromatic heterocycles. The van der Waals surface area contributed by atoms with Crippen molar-refractivity contribution >= 4 is 5.69 Å². The SMILES string of the molecule is N#Cc1ccc(N2CC[C@@H](CN3CCOCC3)C2)cc1C(F)(F)F. The summed E-state index contributed by atoms with van der Waals surface area (Å²) >= 11 is 0. The van der Waals surface area contributed by atoms with Crippen molar-refractivity contribution in [3.05, 3.63) is 29.3 Å². The van der Waals surface area contributed by atoms with Gasteiger partial charge in [-0.25, -0.2) is 0 Å². The predicted octanol–water partition coefficient (Wildman–Crippen LogP) is 2.74. The zero-order valence-electron chi connectivity index (χ0n) is 13.4. The maximum absolute atomic E-state index is 13.1. The van der Waals surface area contributed by atoms with Gasteiger partial charge >= 0.3 is 6.18 Å². The van der Waals surface area contributed by atoms with Crippen molar-refractivity contribution in [3.63, 3.8) is 0 Å². The lowest BCUT2D eigenvalue weighted by Gasteiger charge is -2.29. The van der Waals surface area contributed by atoms with Gasteiger partial charge in [-0.2, -0.15) is 18.4 Å². The number of alkyl halides is 3. The molecule has 2 aliphatic heterocycles. The highest BCUT2D eigenvalue weighted by Gasteiger charge is 2.35. The smallest absolute Gasteiger partial charge is 0.379 e. The Bertz CT molecular complexity index is 620. The second-order valence-electron chi connectivity index (χ2n) is 6.35. The molecule has 2 heterocycles. The molecule has 2 aliphatic rings. The first-order valence-electron chi connectivity index (χ1n) is 8.14. The minimum Gasteiger partial charge on any atom is -0.379 e. The van der Waals surface area contributed by atoms with Gasteiger partial charge < -0.3 is 9.64 Å². The van der Waals surface area contributed by atoms with Crippen LogP contribution in [0.15, 0.2) is 18.2 Å². The van der Waals surface area contributed by atoms with E-state index in [9.17, 15) is 13.2 Å². The highest BCUT2D eigenvalue weighted by Crippen LogP contribution is 2.35. The summed E-state index contributed by atoms with van der Waals surface area (Å²) in [7, 11) is 0. The van der Waals surface area contributed by atoms with E-state index in [4.69, 9.17) is 10.00 Å². The van der Waals surface area contributed by atoms with E-state index in [-0.39, 0.29) is 5.56 Å². The van der Waals surface area contributed by atoms with Crippen LogP contribution in [0.4, 0.5) is 18.9 Å². The van der Waals surface area contributed by atoms with E-state index >= 15 is 0 Å². The summed E-state index contributed by atoms with van der Waals surface area (Å²) in [6.45, 7) is 5.81. The first-order chi connectivity index (χ1) is 11.5. The fourth-order valence-electron chi connectivity index (χ4n) is 3.43. The van der Waals surface area contributed by atoms with Crippen LogP contribution in [0.2, 0.25) is 0 Å². The number of rotatable bonds is 3. The van der Waals surface area contributed by atoms with Crippen LogP contribution in [0.25, 0.3) is 0 Å². The van der Waals surface area contributed by atoms with Crippen LogP contribution in [0.5, 0.6) is 0 Å². The van der Waals surface area contributed by atoms with E-state index in [0.717, 1.165) is 58.4 Å². The largest absolute Gasteiger partial charge is 0.417 e. The zero-order valence-corrected chi connectivity index (χ0v) is 13.4. The van der Waals surface area contributed by atoms with E-state index in [1.165, 1.54) is 6.07 Å². The Kier molecular flexibility index (Phi) is 4.97. The molecule has 0 aliphatic carbocycles. The Hall–Kier alpha value is -1.78. The zero-order chi connectivity index (χ0) is 17.2. The van der Waals surface area contributed by atoms with E-state index in [0.29, 0.717) is 11.6 Å². The lowest BCUT2D eigenvalue weighted by molar-refractivity contribution is -0.137. The molecule has 0 N–H and O–H groups in total. The molecule has 4 nitrogen and oxygen atoms in total. The van der Waals surface area contributed by atoms with Crippen LogP contribution in [-0.4, -0.2) is 50.8 Å². The minimum absolute atomic E-state index is 0.324. The van der Waals surface area contributed by atoms with Gasteiger partial charge in [-0.15, -0.1) is 0 Å². The summed E-state index contributed by atoms with van der Waals surface area (Å²) in [5.74, 6) is 0.452. The van der Waals surface area contributed by atoms with Crippen molar-refractivity contribution in [1.82, 2.24) is 4.90 Å². The van der Waals surface area contributed by atoms with Crippen molar-refractivity contribution in [1.29, 1.82) is 5.26 Å². The first kappa shape index (κ1) is 17.1. The molecule has 0 bridgehead atoms. The summed E-state index contributed by atoms with van der Waals surface area (Å²) in [4.78, 5) is 4.35. The summed E-state index contributed by atoms with van der Waals surface area (Å²) < 4.78 is 44.6. The van der Waals surface area contributed by atoms with E-state index < -0.39 is 11.7 Å². The molecular weight excluding hydrogens is 319 g/mol. The Morgan fingerprint density at radius 2 is 1.96 bits per heavy atom. The molecule has 0 unspecified atom stereocenters. The third-order valence-corrected chi connectivity index (χ3v) is 4.70. The summed E-state index contributed by atoms with van der Waals surface area (Å²) in [6.07, 6.45) is -3.54. The van der Waals surface area contributed by atoms with Crippen molar-refractivity contribution < 1.29 is 17.9 Å². The third-order valence-electron chi connectivity index (χ3n) is 4.70. The van der Waals surface area contributed by atoms with Gasteiger partial charge in [0.15, 0.2) is 0 Å². The number of hydrogen-bond donors (Lipinski definition) is 0. The van der Waals surface area contributed by atoms with E-state index in [2.05, 4.69) is 4.90 Å². The van der Waals surface area contributed by atoms with Gasteiger partial charge in [-0.3, -0.25) is 4.90 Å². The maximum Gasteiger partial charge on any atom is 0.417 e. The van der Waals surface area contributed by atoms with Crippen LogP contribution >= 0.6 is 0 Å². The van der Waals surface area contributed by atoms with E-state index in [1.807, 2.05) is 4.90 Å². The molecule has 0 saturated carbocycles. The molecule has 2 saturated heterocycles. The molecule has 7 heteroatoms. The van der Waals surface area contributed by atoms with Crippen molar-refractivity contribution in [2.24, 2.45) is 5.92 Å². The van der Waals surface area contributed by atoms with Gasteiger partial charge in [0.1, 0.15) is 0 Å². The molecule has 1 atom stereocenters.